The third-order valence-corrected chi connectivity index (χ3v) is 5.85. The van der Waals surface area contributed by atoms with Crippen LogP contribution in [0, 0.1) is 12.7 Å². The number of carbonyl (C=O) groups excluding carboxylic acids is 1. The lowest BCUT2D eigenvalue weighted by molar-refractivity contribution is 0.0881. The summed E-state index contributed by atoms with van der Waals surface area (Å²) in [6.07, 6.45) is 0.586. The summed E-state index contributed by atoms with van der Waals surface area (Å²) in [5.41, 5.74) is 2.15. The molecule has 3 aromatic carbocycles. The van der Waals surface area contributed by atoms with Crippen molar-refractivity contribution in [3.63, 3.8) is 0 Å². The number of hydrogen-bond donors (Lipinski definition) is 0. The molecule has 0 spiro atoms. The van der Waals surface area contributed by atoms with Crippen LogP contribution in [0.15, 0.2) is 78.9 Å². The number of aryl methyl sites for hydroxylation is 1. The second-order valence-corrected chi connectivity index (χ2v) is 7.94. The van der Waals surface area contributed by atoms with Crippen LogP contribution in [0.5, 0.6) is 0 Å². The fourth-order valence-electron chi connectivity index (χ4n) is 3.90. The van der Waals surface area contributed by atoms with Crippen LogP contribution < -0.4 is 0 Å². The fourth-order valence-corrected chi connectivity index (χ4v) is 3.90. The molecule has 0 fully saturated rings. The average molecular weight is 390 g/mol. The first-order chi connectivity index (χ1) is 13.9. The molecule has 3 heteroatoms. The summed E-state index contributed by atoms with van der Waals surface area (Å²) in [5.74, 6) is -0.463. The summed E-state index contributed by atoms with van der Waals surface area (Å²) in [4.78, 5) is 16.3. The Morgan fingerprint density at radius 1 is 0.931 bits per heavy atom. The van der Waals surface area contributed by atoms with Crippen molar-refractivity contribution in [2.24, 2.45) is 0 Å². The second kappa shape index (κ2) is 8.71. The molecule has 0 aliphatic carbocycles. The second-order valence-electron chi connectivity index (χ2n) is 7.94. The number of hydrogen-bond acceptors (Lipinski definition) is 2. The summed E-state index contributed by atoms with van der Waals surface area (Å²) >= 11 is 0. The van der Waals surface area contributed by atoms with Gasteiger partial charge < -0.3 is 4.90 Å². The monoisotopic (exact) mass is 389 g/mol. The molecule has 0 heterocycles. The van der Waals surface area contributed by atoms with E-state index in [1.54, 1.807) is 6.07 Å². The van der Waals surface area contributed by atoms with Gasteiger partial charge in [0, 0.05) is 11.6 Å². The normalized spacial score (nSPS) is 12.8. The molecule has 0 aliphatic heterocycles. The van der Waals surface area contributed by atoms with E-state index in [1.807, 2.05) is 81.7 Å². The standard InChI is InChI=1S/C26H28FNO/c1-19-15-16-23(27)17-24(19)25(29)26(18-20(2)28(3)4,21-11-7-5-8-12-21)22-13-9-6-10-14-22/h5-17,20H,18H2,1-4H3/t20-/m1/s1. The Hall–Kier alpha value is -2.78. The lowest BCUT2D eigenvalue weighted by Crippen LogP contribution is -2.43. The number of halogens is 1. The number of rotatable bonds is 7. The minimum absolute atomic E-state index is 0.0689. The van der Waals surface area contributed by atoms with E-state index >= 15 is 0 Å². The van der Waals surface area contributed by atoms with Crippen molar-refractivity contribution in [1.82, 2.24) is 4.90 Å². The zero-order chi connectivity index (χ0) is 21.0. The molecule has 150 valence electrons. The van der Waals surface area contributed by atoms with Crippen molar-refractivity contribution in [2.45, 2.75) is 31.7 Å². The molecule has 0 radical (unpaired) electrons. The Labute approximate surface area is 173 Å². The Balaban J connectivity index is 2.32. The molecule has 0 saturated heterocycles. The number of benzene rings is 3. The van der Waals surface area contributed by atoms with Crippen LogP contribution in [0.3, 0.4) is 0 Å². The molecule has 3 rings (SSSR count). The first-order valence-electron chi connectivity index (χ1n) is 9.94. The Morgan fingerprint density at radius 2 is 1.45 bits per heavy atom. The van der Waals surface area contributed by atoms with Crippen molar-refractivity contribution < 1.29 is 9.18 Å². The van der Waals surface area contributed by atoms with E-state index in [4.69, 9.17) is 0 Å². The largest absolute Gasteiger partial charge is 0.307 e. The maximum Gasteiger partial charge on any atom is 0.178 e. The topological polar surface area (TPSA) is 20.3 Å². The summed E-state index contributed by atoms with van der Waals surface area (Å²) in [6, 6.07) is 24.3. The minimum Gasteiger partial charge on any atom is -0.307 e. The Kier molecular flexibility index (Phi) is 6.29. The predicted molar refractivity (Wildman–Crippen MR) is 117 cm³/mol. The lowest BCUT2D eigenvalue weighted by atomic mass is 9.65. The van der Waals surface area contributed by atoms with Gasteiger partial charge in [0.2, 0.25) is 0 Å². The SMILES string of the molecule is Cc1ccc(F)cc1C(=O)C(C[C@@H](C)N(C)C)(c1ccccc1)c1ccccc1. The Bertz CT molecular complexity index is 927. The smallest absolute Gasteiger partial charge is 0.178 e. The number of ketones is 1. The molecule has 0 aliphatic rings. The Morgan fingerprint density at radius 3 is 1.93 bits per heavy atom. The lowest BCUT2D eigenvalue weighted by Gasteiger charge is -2.38. The van der Waals surface area contributed by atoms with Gasteiger partial charge >= 0.3 is 0 Å². The van der Waals surface area contributed by atoms with Gasteiger partial charge in [0.05, 0.1) is 5.41 Å². The van der Waals surface area contributed by atoms with Crippen LogP contribution in [0.25, 0.3) is 0 Å². The maximum atomic E-state index is 14.2. The van der Waals surface area contributed by atoms with Crippen molar-refractivity contribution >= 4 is 5.78 Å². The van der Waals surface area contributed by atoms with Gasteiger partial charge in [0.1, 0.15) is 5.82 Å². The highest BCUT2D eigenvalue weighted by Gasteiger charge is 2.44. The van der Waals surface area contributed by atoms with Crippen molar-refractivity contribution in [3.05, 3.63) is 107 Å². The number of carbonyl (C=O) groups is 1. The number of Topliss-reactive ketones (excluding diaryl/α,β-unsaturated/α-hetero) is 1. The van der Waals surface area contributed by atoms with Crippen molar-refractivity contribution in [2.75, 3.05) is 14.1 Å². The average Bonchev–Trinajstić information content (AvgIpc) is 2.74. The maximum absolute atomic E-state index is 14.2. The molecule has 0 saturated carbocycles. The van der Waals surface area contributed by atoms with E-state index in [0.717, 1.165) is 16.7 Å². The highest BCUT2D eigenvalue weighted by molar-refractivity contribution is 6.07. The quantitative estimate of drug-likeness (QED) is 0.487. The fraction of sp³-hybridized carbons (Fsp3) is 0.269. The van der Waals surface area contributed by atoms with Gasteiger partial charge in [-0.05, 0) is 63.2 Å². The molecule has 0 amide bonds. The van der Waals surface area contributed by atoms with E-state index in [2.05, 4.69) is 11.8 Å². The molecule has 0 aromatic heterocycles. The first kappa shape index (κ1) is 20.9. The van der Waals surface area contributed by atoms with E-state index in [-0.39, 0.29) is 11.8 Å². The van der Waals surface area contributed by atoms with Crippen LogP contribution >= 0.6 is 0 Å². The summed E-state index contributed by atoms with van der Waals surface area (Å²) in [7, 11) is 4.03. The van der Waals surface area contributed by atoms with Gasteiger partial charge in [-0.25, -0.2) is 4.39 Å². The van der Waals surface area contributed by atoms with E-state index in [9.17, 15) is 9.18 Å². The van der Waals surface area contributed by atoms with Crippen LogP contribution in [0.2, 0.25) is 0 Å². The van der Waals surface area contributed by atoms with E-state index < -0.39 is 11.2 Å². The summed E-state index contributed by atoms with van der Waals surface area (Å²) in [6.45, 7) is 3.98. The molecule has 3 aromatic rings. The highest BCUT2D eigenvalue weighted by Crippen LogP contribution is 2.41. The molecule has 29 heavy (non-hydrogen) atoms. The van der Waals surface area contributed by atoms with Gasteiger partial charge in [0.15, 0.2) is 5.78 Å². The third-order valence-electron chi connectivity index (χ3n) is 5.85. The zero-order valence-electron chi connectivity index (χ0n) is 17.5. The molecule has 2 nitrogen and oxygen atoms in total. The molecule has 1 atom stereocenters. The predicted octanol–water partition coefficient (Wildman–Crippen LogP) is 5.64. The van der Waals surface area contributed by atoms with Crippen LogP contribution in [0.1, 0.15) is 40.4 Å². The zero-order valence-corrected chi connectivity index (χ0v) is 17.5. The van der Waals surface area contributed by atoms with Crippen LogP contribution in [-0.4, -0.2) is 30.8 Å². The highest BCUT2D eigenvalue weighted by atomic mass is 19.1. The van der Waals surface area contributed by atoms with E-state index in [1.165, 1.54) is 12.1 Å². The van der Waals surface area contributed by atoms with Gasteiger partial charge in [-0.1, -0.05) is 66.7 Å². The molecule has 0 unspecified atom stereocenters. The van der Waals surface area contributed by atoms with Crippen LogP contribution in [0.4, 0.5) is 4.39 Å². The van der Waals surface area contributed by atoms with Gasteiger partial charge in [0.25, 0.3) is 0 Å². The summed E-state index contributed by atoms with van der Waals surface area (Å²) < 4.78 is 14.1. The minimum atomic E-state index is -0.912. The first-order valence-corrected chi connectivity index (χ1v) is 9.94. The summed E-state index contributed by atoms with van der Waals surface area (Å²) in [5, 5.41) is 0. The van der Waals surface area contributed by atoms with Crippen molar-refractivity contribution in [1.29, 1.82) is 0 Å². The van der Waals surface area contributed by atoms with E-state index in [0.29, 0.717) is 12.0 Å². The van der Waals surface area contributed by atoms with Gasteiger partial charge in [-0.2, -0.15) is 0 Å². The molecular weight excluding hydrogens is 361 g/mol. The van der Waals surface area contributed by atoms with Crippen molar-refractivity contribution in [3.8, 4) is 0 Å². The molecular formula is C26H28FNO. The van der Waals surface area contributed by atoms with Crippen LogP contribution in [-0.2, 0) is 5.41 Å². The third kappa shape index (κ3) is 4.15. The number of nitrogens with zero attached hydrogens (tertiary/aromatic N) is 1. The molecule has 0 N–H and O–H groups in total. The molecule has 0 bridgehead atoms. The van der Waals surface area contributed by atoms with Gasteiger partial charge in [-0.3, -0.25) is 4.79 Å². The van der Waals surface area contributed by atoms with Gasteiger partial charge in [-0.15, -0.1) is 0 Å².